The molecule has 3 amide bonds. The van der Waals surface area contributed by atoms with E-state index in [1.54, 1.807) is 11.3 Å². The lowest BCUT2D eigenvalue weighted by molar-refractivity contribution is -0.144. The van der Waals surface area contributed by atoms with Gasteiger partial charge in [0.05, 0.1) is 61.8 Å². The summed E-state index contributed by atoms with van der Waals surface area (Å²) >= 11 is 1.60. The highest BCUT2D eigenvalue weighted by Gasteiger charge is 2.44. The second kappa shape index (κ2) is 19.9. The number of nitrogens with one attached hydrogen (secondary N) is 2. The van der Waals surface area contributed by atoms with E-state index in [0.29, 0.717) is 52.5 Å². The van der Waals surface area contributed by atoms with Gasteiger partial charge < -0.3 is 40.6 Å². The normalized spacial score (nSPS) is 17.0. The Labute approximate surface area is 282 Å². The summed E-state index contributed by atoms with van der Waals surface area (Å²) in [6.07, 6.45) is -0.00168. The molecule has 0 aliphatic carbocycles. The van der Waals surface area contributed by atoms with Gasteiger partial charge in [-0.25, -0.2) is 4.98 Å². The summed E-state index contributed by atoms with van der Waals surface area (Å²) in [5, 5.41) is 16.2. The first-order valence-corrected chi connectivity index (χ1v) is 16.4. The predicted octanol–water partition coefficient (Wildman–Crippen LogP) is 2.09. The number of nitrogens with zero attached hydrogens (tertiary/aromatic N) is 2. The smallest absolute Gasteiger partial charge is 0.246 e. The molecule has 12 nitrogen and oxygen atoms in total. The van der Waals surface area contributed by atoms with Crippen molar-refractivity contribution in [2.24, 2.45) is 11.1 Å². The Bertz CT molecular complexity index is 1220. The number of benzene rings is 1. The van der Waals surface area contributed by atoms with Crippen molar-refractivity contribution in [1.82, 2.24) is 20.5 Å². The number of aromatic nitrogens is 1. The number of hydrogen-bond donors (Lipinski definition) is 4. The van der Waals surface area contributed by atoms with Crippen LogP contribution >= 0.6 is 23.7 Å². The summed E-state index contributed by atoms with van der Waals surface area (Å²) in [5.74, 6) is -1.05. The van der Waals surface area contributed by atoms with Crippen molar-refractivity contribution in [3.05, 3.63) is 41.0 Å². The first kappa shape index (κ1) is 39.5. The largest absolute Gasteiger partial charge is 0.391 e. The Morgan fingerprint density at radius 1 is 1.07 bits per heavy atom. The molecule has 2 aromatic rings. The second-order valence-corrected chi connectivity index (χ2v) is 13.0. The molecule has 1 aromatic heterocycles. The average Bonchev–Trinajstić information content (AvgIpc) is 3.61. The van der Waals surface area contributed by atoms with E-state index in [1.807, 2.05) is 45.3 Å². The SMILES string of the molecule is Cc1ncsc1-c1ccc(CCNC(=O)[C@@H]2C[C@H](O)CN2C(=O)[C@@H](NC(=O)CCOCCOCCOCCN)C(C)(C)C)cc1.Cl. The van der Waals surface area contributed by atoms with Crippen LogP contribution in [0.1, 0.15) is 44.9 Å². The molecule has 0 saturated carbocycles. The van der Waals surface area contributed by atoms with E-state index in [0.717, 1.165) is 21.7 Å². The zero-order chi connectivity index (χ0) is 32.8. The molecule has 1 fully saturated rings. The van der Waals surface area contributed by atoms with E-state index in [1.165, 1.54) is 4.90 Å². The first-order valence-electron chi connectivity index (χ1n) is 15.5. The van der Waals surface area contributed by atoms with Gasteiger partial charge in [-0.05, 0) is 29.9 Å². The molecule has 2 heterocycles. The topological polar surface area (TPSA) is 165 Å². The Morgan fingerprint density at radius 2 is 1.70 bits per heavy atom. The average molecular weight is 684 g/mol. The van der Waals surface area contributed by atoms with Crippen molar-refractivity contribution in [1.29, 1.82) is 0 Å². The molecular weight excluding hydrogens is 634 g/mol. The third kappa shape index (κ3) is 12.5. The Morgan fingerprint density at radius 3 is 2.28 bits per heavy atom. The van der Waals surface area contributed by atoms with Crippen molar-refractivity contribution in [2.75, 3.05) is 59.3 Å². The number of halogens is 1. The number of likely N-dealkylation sites (tertiary alicyclic amines) is 1. The van der Waals surface area contributed by atoms with Crippen molar-refractivity contribution in [3.8, 4) is 10.4 Å². The van der Waals surface area contributed by atoms with E-state index in [2.05, 4.69) is 27.8 Å². The van der Waals surface area contributed by atoms with Gasteiger partial charge in [0.2, 0.25) is 17.7 Å². The standard InChI is InChI=1S/C32H49N5O7S.ClH/c1-22-28(45-21-35-22)24-7-5-23(6-8-24)9-12-34-30(40)26-19-25(38)20-37(26)31(41)29(32(2,3)4)36-27(39)10-13-42-15-17-44-18-16-43-14-11-33;/h5-8,21,25-26,29,38H,9-20,33H2,1-4H3,(H,34,40)(H,36,39);1H/t25-,26-,29+;/m0./s1. The summed E-state index contributed by atoms with van der Waals surface area (Å²) in [6.45, 7) is 10.7. The number of aliphatic hydroxyl groups excluding tert-OH is 1. The number of aliphatic hydroxyl groups is 1. The molecule has 0 spiro atoms. The fourth-order valence-electron chi connectivity index (χ4n) is 4.99. The van der Waals surface area contributed by atoms with Crippen LogP contribution in [0, 0.1) is 12.3 Å². The van der Waals surface area contributed by atoms with Crippen LogP contribution in [0.4, 0.5) is 0 Å². The highest BCUT2D eigenvalue weighted by atomic mass is 35.5. The molecule has 0 unspecified atom stereocenters. The van der Waals surface area contributed by atoms with Gasteiger partial charge in [-0.2, -0.15) is 0 Å². The maximum atomic E-state index is 13.7. The molecule has 5 N–H and O–H groups in total. The molecule has 3 atom stereocenters. The van der Waals surface area contributed by atoms with E-state index in [9.17, 15) is 19.5 Å². The van der Waals surface area contributed by atoms with E-state index >= 15 is 0 Å². The van der Waals surface area contributed by atoms with E-state index in [-0.39, 0.29) is 50.2 Å². The number of aryl methyl sites for hydroxylation is 1. The molecule has 0 bridgehead atoms. The summed E-state index contributed by atoms with van der Waals surface area (Å²) in [4.78, 5) is 46.5. The second-order valence-electron chi connectivity index (χ2n) is 12.1. The fourth-order valence-corrected chi connectivity index (χ4v) is 5.80. The summed E-state index contributed by atoms with van der Waals surface area (Å²) < 4.78 is 16.1. The van der Waals surface area contributed by atoms with Crippen LogP contribution in [0.5, 0.6) is 0 Å². The highest BCUT2D eigenvalue weighted by molar-refractivity contribution is 7.13. The lowest BCUT2D eigenvalue weighted by Gasteiger charge is -2.35. The van der Waals surface area contributed by atoms with Gasteiger partial charge in [-0.3, -0.25) is 14.4 Å². The first-order chi connectivity index (χ1) is 21.5. The van der Waals surface area contributed by atoms with Crippen LogP contribution < -0.4 is 16.4 Å². The minimum absolute atomic E-state index is 0. The Balaban J connectivity index is 0.00000736. The zero-order valence-corrected chi connectivity index (χ0v) is 28.9. The number of hydrogen-bond acceptors (Lipinski definition) is 10. The minimum atomic E-state index is -0.886. The van der Waals surface area contributed by atoms with Crippen molar-refractivity contribution >= 4 is 41.5 Å². The Hall–Kier alpha value is -2.65. The van der Waals surface area contributed by atoms with Gasteiger partial charge in [-0.1, -0.05) is 45.0 Å². The number of carbonyl (C=O) groups excluding carboxylic acids is 3. The lowest BCUT2D eigenvalue weighted by Crippen LogP contribution is -2.57. The zero-order valence-electron chi connectivity index (χ0n) is 27.3. The van der Waals surface area contributed by atoms with Crippen LogP contribution in [0.2, 0.25) is 0 Å². The van der Waals surface area contributed by atoms with Crippen molar-refractivity contribution in [3.63, 3.8) is 0 Å². The Kier molecular flexibility index (Phi) is 17.1. The maximum absolute atomic E-state index is 13.7. The van der Waals surface area contributed by atoms with Crippen molar-refractivity contribution in [2.45, 2.75) is 65.1 Å². The molecule has 14 heteroatoms. The molecule has 258 valence electrons. The quantitative estimate of drug-likeness (QED) is 0.172. The number of carbonyl (C=O) groups is 3. The van der Waals surface area contributed by atoms with Gasteiger partial charge in [-0.15, -0.1) is 23.7 Å². The van der Waals surface area contributed by atoms with Gasteiger partial charge in [0.1, 0.15) is 12.1 Å². The number of ether oxygens (including phenoxy) is 3. The van der Waals surface area contributed by atoms with Crippen LogP contribution in [0.25, 0.3) is 10.4 Å². The highest BCUT2D eigenvalue weighted by Crippen LogP contribution is 2.28. The van der Waals surface area contributed by atoms with Crippen LogP contribution in [0.3, 0.4) is 0 Å². The summed E-state index contributed by atoms with van der Waals surface area (Å²) in [7, 11) is 0. The van der Waals surface area contributed by atoms with Crippen LogP contribution in [-0.2, 0) is 35.0 Å². The monoisotopic (exact) mass is 683 g/mol. The van der Waals surface area contributed by atoms with E-state index in [4.69, 9.17) is 19.9 Å². The molecular formula is C32H50ClN5O7S. The number of rotatable bonds is 18. The van der Waals surface area contributed by atoms with Crippen molar-refractivity contribution < 1.29 is 33.7 Å². The molecule has 0 radical (unpaired) electrons. The predicted molar refractivity (Wildman–Crippen MR) is 180 cm³/mol. The van der Waals surface area contributed by atoms with Gasteiger partial charge >= 0.3 is 0 Å². The molecule has 1 saturated heterocycles. The minimum Gasteiger partial charge on any atom is -0.391 e. The molecule has 1 aromatic carbocycles. The van der Waals surface area contributed by atoms with Gasteiger partial charge in [0, 0.05) is 32.5 Å². The van der Waals surface area contributed by atoms with Crippen LogP contribution in [0.15, 0.2) is 29.8 Å². The number of nitrogens with two attached hydrogens (primary N) is 1. The molecule has 1 aliphatic heterocycles. The van der Waals surface area contributed by atoms with Crippen LogP contribution in [-0.4, -0.2) is 110 Å². The number of β-amino-alcohol motifs (C(OH)–C–C–N with tert-alkyl or cyclic N) is 1. The molecule has 3 rings (SSSR count). The fraction of sp³-hybridized carbons (Fsp3) is 0.625. The number of amides is 3. The third-order valence-electron chi connectivity index (χ3n) is 7.44. The summed E-state index contributed by atoms with van der Waals surface area (Å²) in [5.41, 5.74) is 9.73. The molecule has 1 aliphatic rings. The number of thiazole rings is 1. The van der Waals surface area contributed by atoms with Gasteiger partial charge in [0.25, 0.3) is 0 Å². The summed E-state index contributed by atoms with van der Waals surface area (Å²) in [6, 6.07) is 6.46. The van der Waals surface area contributed by atoms with E-state index < -0.39 is 29.5 Å². The molecule has 46 heavy (non-hydrogen) atoms. The van der Waals surface area contributed by atoms with Gasteiger partial charge in [0.15, 0.2) is 0 Å². The third-order valence-corrected chi connectivity index (χ3v) is 8.41. The maximum Gasteiger partial charge on any atom is 0.246 e. The lowest BCUT2D eigenvalue weighted by atomic mass is 9.85.